The molecule has 24 heavy (non-hydrogen) atoms. The van der Waals surface area contributed by atoms with Crippen LogP contribution in [0, 0.1) is 0 Å². The molecule has 1 aromatic carbocycles. The van der Waals surface area contributed by atoms with Crippen molar-refractivity contribution in [3.05, 3.63) is 33.8 Å². The van der Waals surface area contributed by atoms with Gasteiger partial charge in [0.2, 0.25) is 0 Å². The zero-order valence-electron chi connectivity index (χ0n) is 14.2. The van der Waals surface area contributed by atoms with E-state index in [1.807, 2.05) is 12.1 Å². The van der Waals surface area contributed by atoms with Gasteiger partial charge in [0.15, 0.2) is 0 Å². The molecular formula is C18H25Cl2NO3. The van der Waals surface area contributed by atoms with E-state index >= 15 is 0 Å². The molecule has 4 nitrogen and oxygen atoms in total. The molecule has 134 valence electrons. The molecule has 0 spiro atoms. The first kappa shape index (κ1) is 20.7. The third-order valence-corrected chi connectivity index (χ3v) is 3.83. The Morgan fingerprint density at radius 2 is 1.79 bits per heavy atom. The van der Waals surface area contributed by atoms with Crippen LogP contribution in [0.5, 0.6) is 11.5 Å². The normalized spacial score (nSPS) is 10.8. The van der Waals surface area contributed by atoms with E-state index in [4.69, 9.17) is 37.9 Å². The molecule has 6 heteroatoms. The SMILES string of the molecule is CCc1cc(OCC=C(Cl)Cl)cc(CC)c1OCCCC/C=N/O. The van der Waals surface area contributed by atoms with Crippen LogP contribution in [0.15, 0.2) is 27.9 Å². The first-order valence-electron chi connectivity index (χ1n) is 8.20. The molecule has 0 aromatic heterocycles. The predicted octanol–water partition coefficient (Wildman–Crippen LogP) is 5.52. The lowest BCUT2D eigenvalue weighted by Gasteiger charge is -2.17. The fraction of sp³-hybridized carbons (Fsp3) is 0.500. The summed E-state index contributed by atoms with van der Waals surface area (Å²) in [6.45, 7) is 5.17. The van der Waals surface area contributed by atoms with E-state index in [0.717, 1.165) is 54.7 Å². The molecule has 1 rings (SSSR count). The minimum Gasteiger partial charge on any atom is -0.493 e. The summed E-state index contributed by atoms with van der Waals surface area (Å²) in [5.74, 6) is 1.75. The molecule has 1 N–H and O–H groups in total. The van der Waals surface area contributed by atoms with Gasteiger partial charge in [0, 0.05) is 6.21 Å². The number of halogens is 2. The maximum atomic E-state index is 8.36. The van der Waals surface area contributed by atoms with Crippen molar-refractivity contribution < 1.29 is 14.7 Å². The van der Waals surface area contributed by atoms with E-state index in [9.17, 15) is 0 Å². The lowest BCUT2D eigenvalue weighted by atomic mass is 10.0. The molecule has 0 unspecified atom stereocenters. The Hall–Kier alpha value is -1.39. The topological polar surface area (TPSA) is 51.0 Å². The summed E-state index contributed by atoms with van der Waals surface area (Å²) >= 11 is 11.2. The first-order chi connectivity index (χ1) is 11.6. The van der Waals surface area contributed by atoms with Gasteiger partial charge in [0.1, 0.15) is 22.6 Å². The van der Waals surface area contributed by atoms with Gasteiger partial charge in [-0.25, -0.2) is 0 Å². The van der Waals surface area contributed by atoms with Crippen LogP contribution in [-0.2, 0) is 12.8 Å². The Kier molecular flexibility index (Phi) is 10.4. The number of benzene rings is 1. The van der Waals surface area contributed by atoms with Crippen LogP contribution in [0.2, 0.25) is 0 Å². The zero-order chi connectivity index (χ0) is 17.8. The van der Waals surface area contributed by atoms with Crippen molar-refractivity contribution in [2.45, 2.75) is 46.0 Å². The Morgan fingerprint density at radius 1 is 1.12 bits per heavy atom. The van der Waals surface area contributed by atoms with Crippen LogP contribution < -0.4 is 9.47 Å². The van der Waals surface area contributed by atoms with Crippen molar-refractivity contribution in [2.24, 2.45) is 5.16 Å². The number of aryl methyl sites for hydroxylation is 2. The third-order valence-electron chi connectivity index (χ3n) is 3.52. The lowest BCUT2D eigenvalue weighted by molar-refractivity contribution is 0.299. The van der Waals surface area contributed by atoms with Crippen LogP contribution in [0.1, 0.15) is 44.2 Å². The van der Waals surface area contributed by atoms with Crippen molar-refractivity contribution in [2.75, 3.05) is 13.2 Å². The maximum absolute atomic E-state index is 8.36. The Morgan fingerprint density at radius 3 is 2.33 bits per heavy atom. The van der Waals surface area contributed by atoms with E-state index in [2.05, 4.69) is 19.0 Å². The minimum atomic E-state index is 0.202. The van der Waals surface area contributed by atoms with Crippen LogP contribution in [-0.4, -0.2) is 24.6 Å². The molecule has 0 aliphatic rings. The smallest absolute Gasteiger partial charge is 0.125 e. The summed E-state index contributed by atoms with van der Waals surface area (Å²) in [7, 11) is 0. The van der Waals surface area contributed by atoms with Crippen LogP contribution >= 0.6 is 23.2 Å². The van der Waals surface area contributed by atoms with Gasteiger partial charge in [-0.15, -0.1) is 5.16 Å². The van der Waals surface area contributed by atoms with Gasteiger partial charge in [-0.05, 0) is 61.4 Å². The molecule has 0 aliphatic carbocycles. The fourth-order valence-electron chi connectivity index (χ4n) is 2.29. The predicted molar refractivity (Wildman–Crippen MR) is 100 cm³/mol. The molecule has 0 aliphatic heterocycles. The van der Waals surface area contributed by atoms with Gasteiger partial charge in [-0.3, -0.25) is 0 Å². The molecule has 0 saturated carbocycles. The van der Waals surface area contributed by atoms with E-state index < -0.39 is 0 Å². The standard InChI is InChI=1S/C18H25Cl2NO3/c1-3-14-12-16(23-11-8-17(19)20)13-15(4-2)18(14)24-10-7-5-6-9-21-22/h8-9,12-13,22H,3-7,10-11H2,1-2H3/b21-9+. The summed E-state index contributed by atoms with van der Waals surface area (Å²) in [6.07, 6.45) is 7.44. The highest BCUT2D eigenvalue weighted by atomic mass is 35.5. The van der Waals surface area contributed by atoms with Gasteiger partial charge < -0.3 is 14.7 Å². The van der Waals surface area contributed by atoms with Gasteiger partial charge in [-0.1, -0.05) is 37.0 Å². The Balaban J connectivity index is 2.74. The highest BCUT2D eigenvalue weighted by Gasteiger charge is 2.11. The average Bonchev–Trinajstić information content (AvgIpc) is 2.57. The second kappa shape index (κ2) is 12.0. The molecule has 0 bridgehead atoms. The van der Waals surface area contributed by atoms with Gasteiger partial charge in [-0.2, -0.15) is 0 Å². The summed E-state index contributed by atoms with van der Waals surface area (Å²) < 4.78 is 11.9. The fourth-order valence-corrected chi connectivity index (χ4v) is 2.41. The van der Waals surface area contributed by atoms with Crippen molar-refractivity contribution in [1.82, 2.24) is 0 Å². The number of nitrogens with zero attached hydrogens (tertiary/aromatic N) is 1. The number of hydrogen-bond acceptors (Lipinski definition) is 4. The second-order valence-electron chi connectivity index (χ2n) is 5.22. The number of unbranched alkanes of at least 4 members (excludes halogenated alkanes) is 2. The van der Waals surface area contributed by atoms with Crippen molar-refractivity contribution in [3.8, 4) is 11.5 Å². The van der Waals surface area contributed by atoms with E-state index in [1.54, 1.807) is 6.08 Å². The second-order valence-corrected chi connectivity index (χ2v) is 6.23. The Labute approximate surface area is 154 Å². The molecule has 0 fully saturated rings. The maximum Gasteiger partial charge on any atom is 0.125 e. The molecule has 0 amide bonds. The lowest BCUT2D eigenvalue weighted by Crippen LogP contribution is -2.05. The molecule has 1 aromatic rings. The van der Waals surface area contributed by atoms with E-state index in [-0.39, 0.29) is 4.49 Å². The van der Waals surface area contributed by atoms with E-state index in [0.29, 0.717) is 13.2 Å². The third kappa shape index (κ3) is 7.45. The molecule has 0 atom stereocenters. The van der Waals surface area contributed by atoms with Crippen molar-refractivity contribution in [3.63, 3.8) is 0 Å². The number of rotatable bonds is 11. The monoisotopic (exact) mass is 373 g/mol. The summed E-state index contributed by atoms with van der Waals surface area (Å²) in [6, 6.07) is 4.01. The summed E-state index contributed by atoms with van der Waals surface area (Å²) in [5, 5.41) is 11.4. The van der Waals surface area contributed by atoms with Crippen molar-refractivity contribution in [1.29, 1.82) is 0 Å². The number of hydrogen-bond donors (Lipinski definition) is 1. The zero-order valence-corrected chi connectivity index (χ0v) is 15.7. The largest absolute Gasteiger partial charge is 0.493 e. The van der Waals surface area contributed by atoms with Gasteiger partial charge in [0.25, 0.3) is 0 Å². The summed E-state index contributed by atoms with van der Waals surface area (Å²) in [4.78, 5) is 0. The van der Waals surface area contributed by atoms with Gasteiger partial charge in [0.05, 0.1) is 6.61 Å². The molecular weight excluding hydrogens is 349 g/mol. The highest BCUT2D eigenvalue weighted by Crippen LogP contribution is 2.31. The van der Waals surface area contributed by atoms with Gasteiger partial charge >= 0.3 is 0 Å². The summed E-state index contributed by atoms with van der Waals surface area (Å²) in [5.41, 5.74) is 2.25. The first-order valence-corrected chi connectivity index (χ1v) is 8.96. The van der Waals surface area contributed by atoms with Crippen LogP contribution in [0.25, 0.3) is 0 Å². The molecule has 0 saturated heterocycles. The quantitative estimate of drug-likeness (QED) is 0.240. The Bertz CT molecular complexity index is 530. The number of oxime groups is 1. The van der Waals surface area contributed by atoms with E-state index in [1.165, 1.54) is 6.21 Å². The molecule has 0 heterocycles. The van der Waals surface area contributed by atoms with Crippen molar-refractivity contribution >= 4 is 29.4 Å². The van der Waals surface area contributed by atoms with Crippen LogP contribution in [0.4, 0.5) is 0 Å². The van der Waals surface area contributed by atoms with Crippen LogP contribution in [0.3, 0.4) is 0 Å². The minimum absolute atomic E-state index is 0.202. The highest BCUT2D eigenvalue weighted by molar-refractivity contribution is 6.55. The molecule has 0 radical (unpaired) electrons. The average molecular weight is 374 g/mol. The number of ether oxygens (including phenoxy) is 2.